The highest BCUT2D eigenvalue weighted by Crippen LogP contribution is 2.22. The Kier molecular flexibility index (Phi) is 4.18. The first-order chi connectivity index (χ1) is 10.2. The minimum Gasteiger partial charge on any atom is -0.417 e. The van der Waals surface area contributed by atoms with Gasteiger partial charge in [0.2, 0.25) is 11.8 Å². The van der Waals surface area contributed by atoms with E-state index in [2.05, 4.69) is 26.1 Å². The molecular weight excluding hydrogens is 352 g/mol. The maximum atomic E-state index is 5.94. The van der Waals surface area contributed by atoms with E-state index in [9.17, 15) is 0 Å². The number of rotatable bonds is 3. The molecule has 0 saturated heterocycles. The lowest BCUT2D eigenvalue weighted by Crippen LogP contribution is -1.76. The van der Waals surface area contributed by atoms with Crippen LogP contribution in [-0.4, -0.2) is 10.2 Å². The molecule has 2 aromatic carbocycles. The van der Waals surface area contributed by atoms with Crippen molar-refractivity contribution >= 4 is 39.7 Å². The van der Waals surface area contributed by atoms with E-state index in [0.717, 1.165) is 15.6 Å². The lowest BCUT2D eigenvalue weighted by molar-refractivity contribution is 0.558. The lowest BCUT2D eigenvalue weighted by atomic mass is 10.2. The third-order valence-corrected chi connectivity index (χ3v) is 3.51. The summed E-state index contributed by atoms with van der Waals surface area (Å²) in [6, 6.07) is 15.3. The van der Waals surface area contributed by atoms with Crippen LogP contribution in [0, 0.1) is 0 Å². The minimum atomic E-state index is 0.449. The first kappa shape index (κ1) is 14.0. The number of benzene rings is 2. The smallest absolute Gasteiger partial charge is 0.248 e. The maximum absolute atomic E-state index is 5.94. The third-order valence-electron chi connectivity index (χ3n) is 2.78. The molecule has 104 valence electrons. The molecule has 0 aliphatic heterocycles. The van der Waals surface area contributed by atoms with Gasteiger partial charge in [-0.05, 0) is 42.0 Å². The Hall–Kier alpha value is -1.91. The van der Waals surface area contributed by atoms with Crippen LogP contribution in [0.3, 0.4) is 0 Å². The van der Waals surface area contributed by atoms with E-state index in [-0.39, 0.29) is 0 Å². The van der Waals surface area contributed by atoms with Crippen molar-refractivity contribution in [2.75, 3.05) is 0 Å². The first-order valence-corrected chi connectivity index (χ1v) is 7.41. The van der Waals surface area contributed by atoms with Gasteiger partial charge in [0, 0.05) is 21.1 Å². The summed E-state index contributed by atoms with van der Waals surface area (Å²) in [7, 11) is 0. The van der Waals surface area contributed by atoms with Crippen LogP contribution in [0.25, 0.3) is 23.6 Å². The monoisotopic (exact) mass is 360 g/mol. The molecule has 0 N–H and O–H groups in total. The van der Waals surface area contributed by atoms with Crippen LogP contribution >= 0.6 is 27.5 Å². The number of hydrogen-bond donors (Lipinski definition) is 0. The van der Waals surface area contributed by atoms with Crippen LogP contribution in [-0.2, 0) is 0 Å². The number of halogens is 2. The topological polar surface area (TPSA) is 38.9 Å². The summed E-state index contributed by atoms with van der Waals surface area (Å²) in [5.74, 6) is 0.937. The molecule has 1 aromatic heterocycles. The predicted molar refractivity (Wildman–Crippen MR) is 87.8 cm³/mol. The molecule has 1 heterocycles. The van der Waals surface area contributed by atoms with Gasteiger partial charge in [0.25, 0.3) is 0 Å². The molecule has 0 bridgehead atoms. The molecule has 5 heteroatoms. The number of nitrogens with zero attached hydrogens (tertiary/aromatic N) is 2. The SMILES string of the molecule is Clc1cccc(/C=C/c2nnc(-c3cccc(Br)c3)o2)c1. The van der Waals surface area contributed by atoms with E-state index >= 15 is 0 Å². The van der Waals surface area contributed by atoms with E-state index in [1.807, 2.05) is 54.6 Å². The maximum Gasteiger partial charge on any atom is 0.248 e. The highest BCUT2D eigenvalue weighted by atomic mass is 79.9. The Morgan fingerprint density at radius 3 is 2.67 bits per heavy atom. The van der Waals surface area contributed by atoms with Crippen molar-refractivity contribution in [1.82, 2.24) is 10.2 Å². The zero-order valence-corrected chi connectivity index (χ0v) is 13.2. The molecule has 21 heavy (non-hydrogen) atoms. The van der Waals surface area contributed by atoms with E-state index in [4.69, 9.17) is 16.0 Å². The van der Waals surface area contributed by atoms with E-state index in [1.54, 1.807) is 6.08 Å². The molecule has 3 rings (SSSR count). The predicted octanol–water partition coefficient (Wildman–Crippen LogP) is 5.32. The molecule has 0 saturated carbocycles. The van der Waals surface area contributed by atoms with Gasteiger partial charge in [-0.1, -0.05) is 45.7 Å². The van der Waals surface area contributed by atoms with Crippen LogP contribution in [0.5, 0.6) is 0 Å². The Morgan fingerprint density at radius 2 is 1.86 bits per heavy atom. The quantitative estimate of drug-likeness (QED) is 0.633. The normalized spacial score (nSPS) is 11.1. The minimum absolute atomic E-state index is 0.449. The zero-order valence-electron chi connectivity index (χ0n) is 10.8. The fourth-order valence-corrected chi connectivity index (χ4v) is 2.42. The van der Waals surface area contributed by atoms with Crippen molar-refractivity contribution in [1.29, 1.82) is 0 Å². The van der Waals surface area contributed by atoms with Gasteiger partial charge >= 0.3 is 0 Å². The van der Waals surface area contributed by atoms with Gasteiger partial charge < -0.3 is 4.42 Å². The molecule has 0 unspecified atom stereocenters. The Morgan fingerprint density at radius 1 is 1.00 bits per heavy atom. The summed E-state index contributed by atoms with van der Waals surface area (Å²) in [6.07, 6.45) is 3.64. The molecule has 3 aromatic rings. The zero-order chi connectivity index (χ0) is 14.7. The Labute approximate surface area is 135 Å². The van der Waals surface area contributed by atoms with Crippen LogP contribution in [0.15, 0.2) is 57.4 Å². The van der Waals surface area contributed by atoms with E-state index in [1.165, 1.54) is 0 Å². The summed E-state index contributed by atoms with van der Waals surface area (Å²) in [6.45, 7) is 0. The summed E-state index contributed by atoms with van der Waals surface area (Å²) in [5, 5.41) is 8.74. The van der Waals surface area contributed by atoms with Crippen molar-refractivity contribution in [2.45, 2.75) is 0 Å². The van der Waals surface area contributed by atoms with Gasteiger partial charge in [-0.15, -0.1) is 10.2 Å². The third kappa shape index (κ3) is 3.60. The summed E-state index contributed by atoms with van der Waals surface area (Å²) >= 11 is 9.35. The fraction of sp³-hybridized carbons (Fsp3) is 0. The van der Waals surface area contributed by atoms with Crippen molar-refractivity contribution in [3.63, 3.8) is 0 Å². The first-order valence-electron chi connectivity index (χ1n) is 6.24. The van der Waals surface area contributed by atoms with Crippen molar-refractivity contribution < 1.29 is 4.42 Å². The summed E-state index contributed by atoms with van der Waals surface area (Å²) in [5.41, 5.74) is 1.85. The average Bonchev–Trinajstić information content (AvgIpc) is 2.94. The second-order valence-corrected chi connectivity index (χ2v) is 5.70. The highest BCUT2D eigenvalue weighted by Gasteiger charge is 2.06. The Bertz CT molecular complexity index is 798. The molecule has 0 spiro atoms. The molecule has 0 atom stereocenters. The highest BCUT2D eigenvalue weighted by molar-refractivity contribution is 9.10. The second-order valence-electron chi connectivity index (χ2n) is 4.34. The second kappa shape index (κ2) is 6.24. The van der Waals surface area contributed by atoms with Gasteiger partial charge in [0.05, 0.1) is 0 Å². The standard InChI is InChI=1S/C16H10BrClN2O/c17-13-5-2-4-12(10-13)16-20-19-15(21-16)8-7-11-3-1-6-14(18)9-11/h1-10H/b8-7+. The molecule has 0 radical (unpaired) electrons. The Balaban J connectivity index is 1.82. The van der Waals surface area contributed by atoms with E-state index in [0.29, 0.717) is 16.8 Å². The van der Waals surface area contributed by atoms with Crippen LogP contribution in [0.2, 0.25) is 5.02 Å². The summed E-state index contributed by atoms with van der Waals surface area (Å²) < 4.78 is 6.58. The molecule has 3 nitrogen and oxygen atoms in total. The van der Waals surface area contributed by atoms with Crippen LogP contribution in [0.4, 0.5) is 0 Å². The van der Waals surface area contributed by atoms with Crippen LogP contribution in [0.1, 0.15) is 11.5 Å². The molecular formula is C16H10BrClN2O. The van der Waals surface area contributed by atoms with E-state index < -0.39 is 0 Å². The van der Waals surface area contributed by atoms with Crippen molar-refractivity contribution in [2.24, 2.45) is 0 Å². The summed E-state index contributed by atoms with van der Waals surface area (Å²) in [4.78, 5) is 0. The molecule has 0 aliphatic carbocycles. The van der Waals surface area contributed by atoms with Crippen molar-refractivity contribution in [3.05, 3.63) is 69.5 Å². The molecule has 0 aliphatic rings. The van der Waals surface area contributed by atoms with Gasteiger partial charge in [-0.2, -0.15) is 0 Å². The van der Waals surface area contributed by atoms with Gasteiger partial charge in [-0.3, -0.25) is 0 Å². The van der Waals surface area contributed by atoms with Crippen molar-refractivity contribution in [3.8, 4) is 11.5 Å². The number of hydrogen-bond acceptors (Lipinski definition) is 3. The largest absolute Gasteiger partial charge is 0.417 e. The molecule has 0 fully saturated rings. The molecule has 0 amide bonds. The van der Waals surface area contributed by atoms with Gasteiger partial charge in [-0.25, -0.2) is 0 Å². The fourth-order valence-electron chi connectivity index (χ4n) is 1.82. The lowest BCUT2D eigenvalue weighted by Gasteiger charge is -1.94. The van der Waals surface area contributed by atoms with Gasteiger partial charge in [0.1, 0.15) is 0 Å². The van der Waals surface area contributed by atoms with Gasteiger partial charge in [0.15, 0.2) is 0 Å². The number of aromatic nitrogens is 2. The van der Waals surface area contributed by atoms with Crippen LogP contribution < -0.4 is 0 Å². The average molecular weight is 362 g/mol.